The molecule has 2 atom stereocenters. The minimum absolute atomic E-state index is 0.766. The highest BCUT2D eigenvalue weighted by Crippen LogP contribution is 2.46. The lowest BCUT2D eigenvalue weighted by atomic mass is 10.1. The molecule has 1 N–H and O–H groups in total. The first-order chi connectivity index (χ1) is 7.31. The number of rotatable bonds is 5. The third-order valence-electron chi connectivity index (χ3n) is 3.12. The quantitative estimate of drug-likeness (QED) is 0.745. The molecular formula is C13H20N2. The van der Waals surface area contributed by atoms with Crippen molar-refractivity contribution in [2.75, 3.05) is 13.1 Å². The molecule has 1 heterocycles. The summed E-state index contributed by atoms with van der Waals surface area (Å²) in [6, 6.07) is 4.34. The van der Waals surface area contributed by atoms with Crippen LogP contribution in [0.4, 0.5) is 0 Å². The van der Waals surface area contributed by atoms with Crippen LogP contribution in [-0.2, 0) is 0 Å². The van der Waals surface area contributed by atoms with Gasteiger partial charge in [-0.15, -0.1) is 0 Å². The molecule has 15 heavy (non-hydrogen) atoms. The Labute approximate surface area is 92.1 Å². The van der Waals surface area contributed by atoms with E-state index in [-0.39, 0.29) is 0 Å². The molecule has 0 aliphatic heterocycles. The molecular weight excluding hydrogens is 184 g/mol. The Morgan fingerprint density at radius 2 is 2.33 bits per heavy atom. The van der Waals surface area contributed by atoms with Gasteiger partial charge >= 0.3 is 0 Å². The summed E-state index contributed by atoms with van der Waals surface area (Å²) >= 11 is 0. The molecule has 82 valence electrons. The molecule has 0 amide bonds. The van der Waals surface area contributed by atoms with Gasteiger partial charge in [0.1, 0.15) is 0 Å². The Hall–Kier alpha value is -0.890. The molecule has 1 aromatic heterocycles. The van der Waals surface area contributed by atoms with Crippen molar-refractivity contribution >= 4 is 0 Å². The predicted octanol–water partition coefficient (Wildman–Crippen LogP) is 2.49. The molecule has 2 heteroatoms. The second-order valence-electron chi connectivity index (χ2n) is 4.54. The fraction of sp³-hybridized carbons (Fsp3) is 0.615. The van der Waals surface area contributed by atoms with E-state index in [1.165, 1.54) is 24.9 Å². The summed E-state index contributed by atoms with van der Waals surface area (Å²) in [4.78, 5) is 4.35. The number of aromatic nitrogens is 1. The third-order valence-corrected chi connectivity index (χ3v) is 3.12. The number of aryl methyl sites for hydroxylation is 1. The normalized spacial score (nSPS) is 24.1. The van der Waals surface area contributed by atoms with Gasteiger partial charge in [-0.25, -0.2) is 0 Å². The number of hydrogen-bond donors (Lipinski definition) is 1. The predicted molar refractivity (Wildman–Crippen MR) is 63.0 cm³/mol. The highest BCUT2D eigenvalue weighted by Gasteiger charge is 2.37. The van der Waals surface area contributed by atoms with Gasteiger partial charge in [0.2, 0.25) is 0 Å². The van der Waals surface area contributed by atoms with Gasteiger partial charge in [0.15, 0.2) is 0 Å². The summed E-state index contributed by atoms with van der Waals surface area (Å²) < 4.78 is 0. The highest BCUT2D eigenvalue weighted by atomic mass is 14.9. The summed E-state index contributed by atoms with van der Waals surface area (Å²) in [7, 11) is 0. The van der Waals surface area contributed by atoms with E-state index in [1.54, 1.807) is 0 Å². The molecule has 1 aliphatic carbocycles. The number of nitrogens with one attached hydrogen (secondary N) is 1. The Kier molecular flexibility index (Phi) is 3.37. The average Bonchev–Trinajstić information content (AvgIpc) is 2.99. The zero-order valence-electron chi connectivity index (χ0n) is 9.66. The van der Waals surface area contributed by atoms with E-state index >= 15 is 0 Å². The molecule has 2 unspecified atom stereocenters. The maximum Gasteiger partial charge on any atom is 0.0372 e. The molecule has 2 nitrogen and oxygen atoms in total. The molecule has 0 aromatic carbocycles. The summed E-state index contributed by atoms with van der Waals surface area (Å²) in [5, 5.41) is 3.49. The molecule has 0 saturated heterocycles. The standard InChI is InChI=1S/C13H20N2/c1-3-6-14-8-12-7-13(12)11-5-4-10(2)15-9-11/h4-5,9,12-14H,3,6-8H2,1-2H3. The molecule has 1 fully saturated rings. The average molecular weight is 204 g/mol. The molecule has 1 saturated carbocycles. The Bertz CT molecular complexity index is 305. The number of pyridine rings is 1. The smallest absolute Gasteiger partial charge is 0.0372 e. The van der Waals surface area contributed by atoms with Gasteiger partial charge in [-0.1, -0.05) is 13.0 Å². The van der Waals surface area contributed by atoms with Crippen LogP contribution in [0.25, 0.3) is 0 Å². The first-order valence-corrected chi connectivity index (χ1v) is 5.94. The Balaban J connectivity index is 1.80. The zero-order valence-corrected chi connectivity index (χ0v) is 9.66. The van der Waals surface area contributed by atoms with Crippen molar-refractivity contribution in [2.45, 2.75) is 32.6 Å². The molecule has 1 aromatic rings. The molecule has 1 aliphatic rings. The SMILES string of the molecule is CCCNCC1CC1c1ccc(C)nc1. The second-order valence-corrected chi connectivity index (χ2v) is 4.54. The van der Waals surface area contributed by atoms with Gasteiger partial charge in [-0.2, -0.15) is 0 Å². The van der Waals surface area contributed by atoms with Gasteiger partial charge in [0.25, 0.3) is 0 Å². The summed E-state index contributed by atoms with van der Waals surface area (Å²) in [6.45, 7) is 6.57. The first-order valence-electron chi connectivity index (χ1n) is 5.94. The van der Waals surface area contributed by atoms with E-state index in [0.717, 1.165) is 24.1 Å². The fourth-order valence-corrected chi connectivity index (χ4v) is 2.04. The van der Waals surface area contributed by atoms with Crippen LogP contribution in [-0.4, -0.2) is 18.1 Å². The van der Waals surface area contributed by atoms with Gasteiger partial charge in [0.05, 0.1) is 0 Å². The van der Waals surface area contributed by atoms with Crippen molar-refractivity contribution in [2.24, 2.45) is 5.92 Å². The largest absolute Gasteiger partial charge is 0.316 e. The first kappa shape index (κ1) is 10.6. The van der Waals surface area contributed by atoms with Crippen molar-refractivity contribution in [1.29, 1.82) is 0 Å². The van der Waals surface area contributed by atoms with Crippen LogP contribution in [0.3, 0.4) is 0 Å². The van der Waals surface area contributed by atoms with E-state index in [2.05, 4.69) is 29.4 Å². The van der Waals surface area contributed by atoms with Gasteiger partial charge in [0, 0.05) is 11.9 Å². The van der Waals surface area contributed by atoms with Crippen LogP contribution in [0.1, 0.15) is 36.9 Å². The van der Waals surface area contributed by atoms with Gasteiger partial charge in [-0.05, 0) is 56.3 Å². The molecule has 0 radical (unpaired) electrons. The summed E-state index contributed by atoms with van der Waals surface area (Å²) in [6.07, 6.45) is 4.60. The zero-order chi connectivity index (χ0) is 10.7. The fourth-order valence-electron chi connectivity index (χ4n) is 2.04. The van der Waals surface area contributed by atoms with Crippen molar-refractivity contribution < 1.29 is 0 Å². The van der Waals surface area contributed by atoms with E-state index in [0.29, 0.717) is 0 Å². The minimum atomic E-state index is 0.766. The van der Waals surface area contributed by atoms with Crippen LogP contribution in [0.2, 0.25) is 0 Å². The minimum Gasteiger partial charge on any atom is -0.316 e. The van der Waals surface area contributed by atoms with Crippen LogP contribution in [0.5, 0.6) is 0 Å². The van der Waals surface area contributed by atoms with E-state index in [1.807, 2.05) is 13.1 Å². The van der Waals surface area contributed by atoms with Crippen molar-refractivity contribution in [3.63, 3.8) is 0 Å². The van der Waals surface area contributed by atoms with Crippen molar-refractivity contribution in [1.82, 2.24) is 10.3 Å². The summed E-state index contributed by atoms with van der Waals surface area (Å²) in [5.74, 6) is 1.61. The molecule has 2 rings (SSSR count). The van der Waals surface area contributed by atoms with Crippen molar-refractivity contribution in [3.05, 3.63) is 29.6 Å². The van der Waals surface area contributed by atoms with E-state index < -0.39 is 0 Å². The lowest BCUT2D eigenvalue weighted by molar-refractivity contribution is 0.620. The van der Waals surface area contributed by atoms with Gasteiger partial charge < -0.3 is 5.32 Å². The number of hydrogen-bond acceptors (Lipinski definition) is 2. The van der Waals surface area contributed by atoms with Gasteiger partial charge in [-0.3, -0.25) is 4.98 Å². The lowest BCUT2D eigenvalue weighted by Gasteiger charge is -2.02. The van der Waals surface area contributed by atoms with E-state index in [9.17, 15) is 0 Å². The van der Waals surface area contributed by atoms with Crippen LogP contribution in [0.15, 0.2) is 18.3 Å². The third kappa shape index (κ3) is 2.78. The van der Waals surface area contributed by atoms with Crippen LogP contribution >= 0.6 is 0 Å². The van der Waals surface area contributed by atoms with Crippen LogP contribution < -0.4 is 5.32 Å². The monoisotopic (exact) mass is 204 g/mol. The topological polar surface area (TPSA) is 24.9 Å². The van der Waals surface area contributed by atoms with Crippen LogP contribution in [0, 0.1) is 12.8 Å². The number of nitrogens with zero attached hydrogens (tertiary/aromatic N) is 1. The molecule has 0 bridgehead atoms. The Morgan fingerprint density at radius 1 is 1.47 bits per heavy atom. The van der Waals surface area contributed by atoms with Crippen molar-refractivity contribution in [3.8, 4) is 0 Å². The highest BCUT2D eigenvalue weighted by molar-refractivity contribution is 5.24. The Morgan fingerprint density at radius 3 is 3.00 bits per heavy atom. The second kappa shape index (κ2) is 4.75. The lowest BCUT2D eigenvalue weighted by Crippen LogP contribution is -2.17. The van der Waals surface area contributed by atoms with E-state index in [4.69, 9.17) is 0 Å². The maximum atomic E-state index is 4.35. The maximum absolute atomic E-state index is 4.35. The molecule has 0 spiro atoms. The summed E-state index contributed by atoms with van der Waals surface area (Å²) in [5.41, 5.74) is 2.53.